The Morgan fingerprint density at radius 3 is 2.18 bits per heavy atom. The molecule has 7 nitrogen and oxygen atoms in total. The van der Waals surface area contributed by atoms with Crippen molar-refractivity contribution in [2.45, 2.75) is 19.3 Å². The summed E-state index contributed by atoms with van der Waals surface area (Å²) < 4.78 is 0. The molecule has 0 fully saturated rings. The Morgan fingerprint density at radius 1 is 1.05 bits per heavy atom. The van der Waals surface area contributed by atoms with Gasteiger partial charge in [-0.3, -0.25) is 24.1 Å². The van der Waals surface area contributed by atoms with Gasteiger partial charge in [-0.05, 0) is 18.6 Å². The first-order chi connectivity index (χ1) is 10.5. The maximum atomic E-state index is 12.1. The zero-order valence-corrected chi connectivity index (χ0v) is 11.9. The standard InChI is InChI=1S/C15H16N2O5/c18-12(16-8-3-6-13(19)20)7-9-17-14(21)10-4-1-2-5-11(10)15(17)22/h1-2,4-5H,3,6-9H2,(H,16,18)(H,19,20). The first-order valence-electron chi connectivity index (χ1n) is 6.94. The van der Waals surface area contributed by atoms with Crippen molar-refractivity contribution in [1.29, 1.82) is 0 Å². The molecule has 1 aliphatic rings. The lowest BCUT2D eigenvalue weighted by Gasteiger charge is -2.13. The van der Waals surface area contributed by atoms with Gasteiger partial charge in [-0.15, -0.1) is 0 Å². The molecule has 2 N–H and O–H groups in total. The summed E-state index contributed by atoms with van der Waals surface area (Å²) in [5.74, 6) is -2.01. The molecule has 0 saturated carbocycles. The highest BCUT2D eigenvalue weighted by atomic mass is 16.4. The van der Waals surface area contributed by atoms with Gasteiger partial charge in [0.05, 0.1) is 11.1 Å². The number of aliphatic carboxylic acids is 1. The number of carboxylic acid groups (broad SMARTS) is 1. The van der Waals surface area contributed by atoms with Crippen LogP contribution in [-0.2, 0) is 9.59 Å². The number of carbonyl (C=O) groups is 4. The quantitative estimate of drug-likeness (QED) is 0.568. The Kier molecular flexibility index (Phi) is 4.88. The number of fused-ring (bicyclic) bond motifs is 1. The number of benzene rings is 1. The average molecular weight is 304 g/mol. The van der Waals surface area contributed by atoms with Crippen molar-refractivity contribution >= 4 is 23.7 Å². The monoisotopic (exact) mass is 304 g/mol. The summed E-state index contributed by atoms with van der Waals surface area (Å²) in [5.41, 5.74) is 0.712. The molecule has 1 aliphatic heterocycles. The Labute approximate surface area is 126 Å². The number of carbonyl (C=O) groups excluding carboxylic acids is 3. The van der Waals surface area contributed by atoms with Crippen LogP contribution in [0.15, 0.2) is 24.3 Å². The number of carboxylic acids is 1. The molecule has 0 radical (unpaired) electrons. The molecule has 22 heavy (non-hydrogen) atoms. The molecule has 1 aromatic rings. The van der Waals surface area contributed by atoms with E-state index < -0.39 is 5.97 Å². The van der Waals surface area contributed by atoms with Crippen molar-refractivity contribution in [3.8, 4) is 0 Å². The molecule has 2 rings (SSSR count). The molecule has 0 saturated heterocycles. The number of amides is 3. The van der Waals surface area contributed by atoms with E-state index >= 15 is 0 Å². The van der Waals surface area contributed by atoms with Crippen LogP contribution in [0.2, 0.25) is 0 Å². The Hall–Kier alpha value is -2.70. The molecule has 7 heteroatoms. The summed E-state index contributed by atoms with van der Waals surface area (Å²) in [6.45, 7) is 0.268. The maximum Gasteiger partial charge on any atom is 0.303 e. The van der Waals surface area contributed by atoms with Gasteiger partial charge in [-0.2, -0.15) is 0 Å². The van der Waals surface area contributed by atoms with E-state index in [0.29, 0.717) is 17.5 Å². The summed E-state index contributed by atoms with van der Waals surface area (Å²) >= 11 is 0. The number of nitrogens with zero attached hydrogens (tertiary/aromatic N) is 1. The lowest BCUT2D eigenvalue weighted by molar-refractivity contribution is -0.137. The summed E-state index contributed by atoms with van der Waals surface area (Å²) in [7, 11) is 0. The topological polar surface area (TPSA) is 104 Å². The first kappa shape index (κ1) is 15.7. The van der Waals surface area contributed by atoms with Crippen molar-refractivity contribution in [3.05, 3.63) is 35.4 Å². The molecule has 0 aromatic heterocycles. The van der Waals surface area contributed by atoms with E-state index in [9.17, 15) is 19.2 Å². The van der Waals surface area contributed by atoms with Crippen LogP contribution in [0, 0.1) is 0 Å². The molecule has 0 spiro atoms. The predicted octanol–water partition coefficient (Wildman–Crippen LogP) is 0.654. The molecule has 0 unspecified atom stereocenters. The molecule has 0 bridgehead atoms. The van der Waals surface area contributed by atoms with E-state index in [4.69, 9.17) is 5.11 Å². The minimum Gasteiger partial charge on any atom is -0.481 e. The minimum absolute atomic E-state index is 0.00145. The lowest BCUT2D eigenvalue weighted by Crippen LogP contribution is -2.34. The van der Waals surface area contributed by atoms with E-state index in [1.54, 1.807) is 24.3 Å². The fourth-order valence-corrected chi connectivity index (χ4v) is 2.21. The van der Waals surface area contributed by atoms with Crippen molar-refractivity contribution in [3.63, 3.8) is 0 Å². The van der Waals surface area contributed by atoms with Gasteiger partial charge in [-0.1, -0.05) is 12.1 Å². The SMILES string of the molecule is O=C(O)CCCNC(=O)CCN1C(=O)c2ccccc2C1=O. The highest BCUT2D eigenvalue weighted by Gasteiger charge is 2.34. The summed E-state index contributed by atoms with van der Waals surface area (Å²) in [5, 5.41) is 11.0. The van der Waals surface area contributed by atoms with Crippen LogP contribution in [0.3, 0.4) is 0 Å². The van der Waals surface area contributed by atoms with Gasteiger partial charge in [0, 0.05) is 25.9 Å². The van der Waals surface area contributed by atoms with Crippen LogP contribution < -0.4 is 5.32 Å². The van der Waals surface area contributed by atoms with Crippen LogP contribution >= 0.6 is 0 Å². The molecule has 3 amide bonds. The smallest absolute Gasteiger partial charge is 0.303 e. The van der Waals surface area contributed by atoms with Crippen LogP contribution in [-0.4, -0.2) is 46.8 Å². The average Bonchev–Trinajstić information content (AvgIpc) is 2.74. The molecular weight excluding hydrogens is 288 g/mol. The largest absolute Gasteiger partial charge is 0.481 e. The molecule has 0 aliphatic carbocycles. The number of hydrogen-bond donors (Lipinski definition) is 2. The van der Waals surface area contributed by atoms with E-state index in [-0.39, 0.29) is 43.7 Å². The molecule has 0 atom stereocenters. The third-order valence-corrected chi connectivity index (χ3v) is 3.33. The summed E-state index contributed by atoms with van der Waals surface area (Å²) in [4.78, 5) is 47.1. The Balaban J connectivity index is 1.81. The van der Waals surface area contributed by atoms with E-state index in [2.05, 4.69) is 5.32 Å². The number of nitrogens with one attached hydrogen (secondary N) is 1. The van der Waals surface area contributed by atoms with Crippen molar-refractivity contribution in [1.82, 2.24) is 10.2 Å². The van der Waals surface area contributed by atoms with Gasteiger partial charge in [0.15, 0.2) is 0 Å². The van der Waals surface area contributed by atoms with Crippen LogP contribution in [0.4, 0.5) is 0 Å². The van der Waals surface area contributed by atoms with Gasteiger partial charge in [0.1, 0.15) is 0 Å². The number of rotatable bonds is 7. The first-order valence-corrected chi connectivity index (χ1v) is 6.94. The van der Waals surface area contributed by atoms with E-state index in [1.165, 1.54) is 0 Å². The predicted molar refractivity (Wildman–Crippen MR) is 76.3 cm³/mol. The van der Waals surface area contributed by atoms with Crippen LogP contribution in [0.5, 0.6) is 0 Å². The fraction of sp³-hybridized carbons (Fsp3) is 0.333. The second-order valence-corrected chi connectivity index (χ2v) is 4.90. The Bertz CT molecular complexity index is 591. The van der Waals surface area contributed by atoms with Crippen molar-refractivity contribution in [2.75, 3.05) is 13.1 Å². The highest BCUT2D eigenvalue weighted by Crippen LogP contribution is 2.22. The number of imide groups is 1. The Morgan fingerprint density at radius 2 is 1.64 bits per heavy atom. The molecule has 1 aromatic carbocycles. The van der Waals surface area contributed by atoms with E-state index in [0.717, 1.165) is 4.90 Å². The van der Waals surface area contributed by atoms with Gasteiger partial charge in [0.25, 0.3) is 11.8 Å². The fourth-order valence-electron chi connectivity index (χ4n) is 2.21. The zero-order valence-electron chi connectivity index (χ0n) is 11.9. The zero-order chi connectivity index (χ0) is 16.1. The summed E-state index contributed by atoms with van der Waals surface area (Å²) in [6.07, 6.45) is 0.325. The second kappa shape index (κ2) is 6.84. The highest BCUT2D eigenvalue weighted by molar-refractivity contribution is 6.21. The maximum absolute atomic E-state index is 12.1. The van der Waals surface area contributed by atoms with E-state index in [1.807, 2.05) is 0 Å². The third kappa shape index (κ3) is 3.49. The van der Waals surface area contributed by atoms with Crippen molar-refractivity contribution in [2.24, 2.45) is 0 Å². The summed E-state index contributed by atoms with van der Waals surface area (Å²) in [6, 6.07) is 6.54. The van der Waals surface area contributed by atoms with Gasteiger partial charge < -0.3 is 10.4 Å². The van der Waals surface area contributed by atoms with Gasteiger partial charge in [-0.25, -0.2) is 0 Å². The molecule has 1 heterocycles. The number of hydrogen-bond acceptors (Lipinski definition) is 4. The van der Waals surface area contributed by atoms with Gasteiger partial charge in [0.2, 0.25) is 5.91 Å². The van der Waals surface area contributed by atoms with Gasteiger partial charge >= 0.3 is 5.97 Å². The second-order valence-electron chi connectivity index (χ2n) is 4.90. The minimum atomic E-state index is -0.916. The van der Waals surface area contributed by atoms with Crippen LogP contribution in [0.1, 0.15) is 40.0 Å². The molecule has 116 valence electrons. The molecular formula is C15H16N2O5. The lowest BCUT2D eigenvalue weighted by atomic mass is 10.1. The third-order valence-electron chi connectivity index (χ3n) is 3.33. The normalized spacial score (nSPS) is 13.2. The van der Waals surface area contributed by atoms with Crippen molar-refractivity contribution < 1.29 is 24.3 Å². The van der Waals surface area contributed by atoms with Crippen LogP contribution in [0.25, 0.3) is 0 Å².